The van der Waals surface area contributed by atoms with Crippen LogP contribution in [0, 0.1) is 5.92 Å². The molecule has 0 spiro atoms. The van der Waals surface area contributed by atoms with Crippen LogP contribution < -0.4 is 5.32 Å². The molecule has 2 amide bonds. The Bertz CT molecular complexity index is 634. The molecule has 6 heteroatoms. The zero-order valence-corrected chi connectivity index (χ0v) is 17.6. The molecule has 1 aliphatic rings. The highest BCUT2D eigenvalue weighted by atomic mass is 79.9. The number of halogens is 1. The van der Waals surface area contributed by atoms with Crippen molar-refractivity contribution in [2.75, 3.05) is 19.6 Å². The molecule has 0 aliphatic carbocycles. The van der Waals surface area contributed by atoms with Gasteiger partial charge in [-0.3, -0.25) is 4.79 Å². The molecule has 1 atom stereocenters. The summed E-state index contributed by atoms with van der Waals surface area (Å²) in [7, 11) is 0. The predicted molar refractivity (Wildman–Crippen MR) is 106 cm³/mol. The molecule has 0 radical (unpaired) electrons. The first-order valence-corrected chi connectivity index (χ1v) is 9.96. The van der Waals surface area contributed by atoms with Crippen molar-refractivity contribution >= 4 is 27.9 Å². The molecule has 26 heavy (non-hydrogen) atoms. The molecule has 1 unspecified atom stereocenters. The van der Waals surface area contributed by atoms with Gasteiger partial charge in [-0.05, 0) is 64.2 Å². The highest BCUT2D eigenvalue weighted by molar-refractivity contribution is 9.10. The van der Waals surface area contributed by atoms with Crippen LogP contribution in [-0.4, -0.2) is 42.1 Å². The molecule has 2 rings (SSSR count). The van der Waals surface area contributed by atoms with E-state index in [0.29, 0.717) is 12.5 Å². The van der Waals surface area contributed by atoms with E-state index in [2.05, 4.69) is 21.2 Å². The Hall–Kier alpha value is -1.56. The number of amides is 2. The lowest BCUT2D eigenvalue weighted by atomic mass is 9.94. The summed E-state index contributed by atoms with van der Waals surface area (Å²) in [6.07, 6.45) is 1.42. The summed E-state index contributed by atoms with van der Waals surface area (Å²) < 4.78 is 6.25. The minimum Gasteiger partial charge on any atom is -0.444 e. The van der Waals surface area contributed by atoms with Crippen molar-refractivity contribution in [2.24, 2.45) is 5.92 Å². The van der Waals surface area contributed by atoms with E-state index in [4.69, 9.17) is 4.74 Å². The second kappa shape index (κ2) is 8.89. The fourth-order valence-electron chi connectivity index (χ4n) is 3.09. The summed E-state index contributed by atoms with van der Waals surface area (Å²) in [5.41, 5.74) is 0.542. The van der Waals surface area contributed by atoms with E-state index >= 15 is 0 Å². The van der Waals surface area contributed by atoms with Crippen LogP contribution in [-0.2, 0) is 9.53 Å². The first-order chi connectivity index (χ1) is 12.2. The fourth-order valence-corrected chi connectivity index (χ4v) is 3.51. The molecule has 144 valence electrons. The Morgan fingerprint density at radius 3 is 2.54 bits per heavy atom. The van der Waals surface area contributed by atoms with Crippen molar-refractivity contribution in [3.05, 3.63) is 34.3 Å². The lowest BCUT2D eigenvalue weighted by Crippen LogP contribution is -2.43. The van der Waals surface area contributed by atoms with Crippen LogP contribution in [0.1, 0.15) is 52.0 Å². The van der Waals surface area contributed by atoms with Gasteiger partial charge in [0.15, 0.2) is 0 Å². The van der Waals surface area contributed by atoms with Crippen LogP contribution >= 0.6 is 15.9 Å². The van der Waals surface area contributed by atoms with Gasteiger partial charge in [-0.25, -0.2) is 4.79 Å². The van der Waals surface area contributed by atoms with Crippen LogP contribution in [0.3, 0.4) is 0 Å². The monoisotopic (exact) mass is 424 g/mol. The normalized spacial score (nSPS) is 16.9. The molecule has 1 heterocycles. The van der Waals surface area contributed by atoms with Crippen LogP contribution in [0.2, 0.25) is 0 Å². The lowest BCUT2D eigenvalue weighted by Gasteiger charge is -2.34. The molecule has 0 saturated carbocycles. The molecule has 1 aliphatic heterocycles. The van der Waals surface area contributed by atoms with Crippen LogP contribution in [0.25, 0.3) is 0 Å². The van der Waals surface area contributed by atoms with Crippen molar-refractivity contribution in [3.8, 4) is 0 Å². The van der Waals surface area contributed by atoms with Crippen LogP contribution in [0.15, 0.2) is 28.7 Å². The minimum absolute atomic E-state index is 0.149. The topological polar surface area (TPSA) is 58.6 Å². The Kier molecular flexibility index (Phi) is 7.09. The molecular weight excluding hydrogens is 396 g/mol. The largest absolute Gasteiger partial charge is 0.444 e. The van der Waals surface area contributed by atoms with Crippen molar-refractivity contribution < 1.29 is 14.3 Å². The van der Waals surface area contributed by atoms with E-state index in [9.17, 15) is 9.59 Å². The summed E-state index contributed by atoms with van der Waals surface area (Å²) in [6.45, 7) is 9.57. The number of rotatable bonds is 4. The number of piperidine rings is 1. The third kappa shape index (κ3) is 6.31. The Morgan fingerprint density at radius 1 is 1.31 bits per heavy atom. The number of nitrogens with one attached hydrogen (secondary N) is 1. The van der Waals surface area contributed by atoms with Crippen molar-refractivity contribution in [2.45, 2.75) is 52.1 Å². The molecule has 1 aromatic carbocycles. The predicted octanol–water partition coefficient (Wildman–Crippen LogP) is 4.32. The molecule has 1 saturated heterocycles. The van der Waals surface area contributed by atoms with Gasteiger partial charge in [0, 0.05) is 24.1 Å². The molecular formula is C20H29BrN2O3. The van der Waals surface area contributed by atoms with Gasteiger partial charge in [-0.2, -0.15) is 0 Å². The van der Waals surface area contributed by atoms with Crippen LogP contribution in [0.4, 0.5) is 4.79 Å². The summed E-state index contributed by atoms with van der Waals surface area (Å²) in [5, 5.41) is 2.84. The number of nitrogens with zero attached hydrogens (tertiary/aromatic N) is 1. The fraction of sp³-hybridized carbons (Fsp3) is 0.600. The maximum Gasteiger partial charge on any atom is 0.407 e. The molecule has 5 nitrogen and oxygen atoms in total. The minimum atomic E-state index is -0.484. The van der Waals surface area contributed by atoms with Crippen molar-refractivity contribution in [1.82, 2.24) is 10.2 Å². The Labute approximate surface area is 164 Å². The van der Waals surface area contributed by atoms with E-state index in [-0.39, 0.29) is 17.9 Å². The Balaban J connectivity index is 1.79. The van der Waals surface area contributed by atoms with Gasteiger partial charge in [0.25, 0.3) is 0 Å². The van der Waals surface area contributed by atoms with E-state index in [1.54, 1.807) is 0 Å². The number of hydrogen-bond acceptors (Lipinski definition) is 3. The highest BCUT2D eigenvalue weighted by Crippen LogP contribution is 2.24. The smallest absolute Gasteiger partial charge is 0.407 e. The summed E-state index contributed by atoms with van der Waals surface area (Å²) in [4.78, 5) is 26.4. The third-order valence-electron chi connectivity index (χ3n) is 4.58. The first-order valence-electron chi connectivity index (χ1n) is 9.17. The van der Waals surface area contributed by atoms with E-state index in [0.717, 1.165) is 36.0 Å². The number of likely N-dealkylation sites (tertiary alicyclic amines) is 1. The summed E-state index contributed by atoms with van der Waals surface area (Å²) >= 11 is 3.46. The van der Waals surface area contributed by atoms with Gasteiger partial charge in [0.05, 0.1) is 5.92 Å². The maximum absolute atomic E-state index is 12.8. The SMILES string of the molecule is CC(C(=O)N1CCC(CNC(=O)OC(C)(C)C)CC1)c1cccc(Br)c1. The van der Waals surface area contributed by atoms with Gasteiger partial charge < -0.3 is 15.0 Å². The van der Waals surface area contributed by atoms with Gasteiger partial charge in [-0.15, -0.1) is 0 Å². The van der Waals surface area contributed by atoms with Crippen LogP contribution in [0.5, 0.6) is 0 Å². The number of carbonyl (C=O) groups is 2. The standard InChI is InChI=1S/C20H29BrN2O3/c1-14(16-6-5-7-17(21)12-16)18(24)23-10-8-15(9-11-23)13-22-19(25)26-20(2,3)4/h5-7,12,14-15H,8-11,13H2,1-4H3,(H,22,25). The molecule has 1 N–H and O–H groups in total. The summed E-state index contributed by atoms with van der Waals surface area (Å²) in [5.74, 6) is 0.401. The zero-order valence-electron chi connectivity index (χ0n) is 16.0. The average Bonchev–Trinajstić information content (AvgIpc) is 2.57. The Morgan fingerprint density at radius 2 is 1.96 bits per heavy atom. The lowest BCUT2D eigenvalue weighted by molar-refractivity contribution is -0.133. The molecule has 1 fully saturated rings. The maximum atomic E-state index is 12.8. The number of hydrogen-bond donors (Lipinski definition) is 1. The molecule has 0 aromatic heterocycles. The molecule has 0 bridgehead atoms. The summed E-state index contributed by atoms with van der Waals surface area (Å²) in [6, 6.07) is 7.91. The third-order valence-corrected chi connectivity index (χ3v) is 5.07. The van der Waals surface area contributed by atoms with Gasteiger partial charge >= 0.3 is 6.09 Å². The first kappa shape index (κ1) is 20.7. The van der Waals surface area contributed by atoms with Crippen molar-refractivity contribution in [3.63, 3.8) is 0 Å². The van der Waals surface area contributed by atoms with E-state index < -0.39 is 5.60 Å². The van der Waals surface area contributed by atoms with Crippen molar-refractivity contribution in [1.29, 1.82) is 0 Å². The van der Waals surface area contributed by atoms with Gasteiger partial charge in [-0.1, -0.05) is 28.1 Å². The zero-order chi connectivity index (χ0) is 19.3. The number of ether oxygens (including phenoxy) is 1. The number of alkyl carbamates (subject to hydrolysis) is 1. The van der Waals surface area contributed by atoms with E-state index in [1.807, 2.05) is 56.9 Å². The highest BCUT2D eigenvalue weighted by Gasteiger charge is 2.27. The van der Waals surface area contributed by atoms with E-state index in [1.165, 1.54) is 0 Å². The second-order valence-electron chi connectivity index (χ2n) is 7.93. The molecule has 1 aromatic rings. The average molecular weight is 425 g/mol. The van der Waals surface area contributed by atoms with Gasteiger partial charge in [0.2, 0.25) is 5.91 Å². The number of carbonyl (C=O) groups excluding carboxylic acids is 2. The number of benzene rings is 1. The second-order valence-corrected chi connectivity index (χ2v) is 8.84. The van der Waals surface area contributed by atoms with Gasteiger partial charge in [0.1, 0.15) is 5.60 Å². The quantitative estimate of drug-likeness (QED) is 0.782.